The molecule has 11 atom stereocenters. The van der Waals surface area contributed by atoms with Crippen molar-refractivity contribution in [3.05, 3.63) is 71.8 Å². The Kier molecular flexibility index (Phi) is 30.8. The number of nitrogens with zero attached hydrogens (tertiary/aromatic N) is 1. The van der Waals surface area contributed by atoms with Crippen molar-refractivity contribution in [2.45, 2.75) is 144 Å². The lowest BCUT2D eigenvalue weighted by Crippen LogP contribution is -2.62. The van der Waals surface area contributed by atoms with Crippen LogP contribution in [0.3, 0.4) is 0 Å². The number of thiol groups is 1. The fourth-order valence-electron chi connectivity index (χ4n) is 8.80. The molecule has 1 aliphatic rings. The highest BCUT2D eigenvalue weighted by atomic mass is 32.1. The predicted molar refractivity (Wildman–Crippen MR) is 308 cm³/mol. The monoisotopic (exact) mass is 1240 g/mol. The lowest BCUT2D eigenvalue weighted by atomic mass is 10.0. The number of rotatable bonds is 38. The lowest BCUT2D eigenvalue weighted by Gasteiger charge is -2.29. The number of carbonyl (C=O) groups is 14. The molecular formula is C54H77N13O19S. The van der Waals surface area contributed by atoms with E-state index in [1.807, 2.05) is 0 Å². The third-order valence-electron chi connectivity index (χ3n) is 13.4. The topological polar surface area (TPSA) is 530 Å². The number of nitrogens with one attached hydrogen (secondary N) is 9. The summed E-state index contributed by atoms with van der Waals surface area (Å²) in [6.07, 6.45) is -3.64. The van der Waals surface area contributed by atoms with Crippen LogP contribution in [0.25, 0.3) is 0 Å². The maximum absolute atomic E-state index is 13.8. The van der Waals surface area contributed by atoms with Gasteiger partial charge in [-0.2, -0.15) is 12.6 Å². The number of amides is 11. The van der Waals surface area contributed by atoms with Gasteiger partial charge in [-0.3, -0.25) is 62.3 Å². The van der Waals surface area contributed by atoms with E-state index in [9.17, 15) is 92.7 Å². The number of aliphatic hydroxyl groups excluding tert-OH is 2. The minimum absolute atomic E-state index is 0.000501. The zero-order valence-electron chi connectivity index (χ0n) is 47.5. The van der Waals surface area contributed by atoms with Gasteiger partial charge >= 0.3 is 17.9 Å². The highest BCUT2D eigenvalue weighted by Crippen LogP contribution is 2.20. The molecule has 0 bridgehead atoms. The summed E-state index contributed by atoms with van der Waals surface area (Å²) in [4.78, 5) is 184. The van der Waals surface area contributed by atoms with E-state index in [2.05, 4.69) is 60.5 Å². The highest BCUT2D eigenvalue weighted by Gasteiger charge is 2.40. The molecule has 2 aromatic carbocycles. The summed E-state index contributed by atoms with van der Waals surface area (Å²) in [5.41, 5.74) is 18.2. The van der Waals surface area contributed by atoms with Crippen molar-refractivity contribution >= 4 is 95.5 Å². The van der Waals surface area contributed by atoms with Gasteiger partial charge in [-0.25, -0.2) is 4.79 Å². The number of hydrogen-bond donors (Lipinski definition) is 18. The first-order valence-corrected chi connectivity index (χ1v) is 28.2. The number of aliphatic carboxylic acids is 3. The number of likely N-dealkylation sites (tertiary alicyclic amines) is 1. The van der Waals surface area contributed by atoms with Crippen molar-refractivity contribution in [2.75, 3.05) is 32.0 Å². The molecule has 1 saturated heterocycles. The van der Waals surface area contributed by atoms with Crippen molar-refractivity contribution < 1.29 is 92.7 Å². The average molecular weight is 1240 g/mol. The minimum Gasteiger partial charge on any atom is -0.481 e. The fourth-order valence-corrected chi connectivity index (χ4v) is 9.06. The van der Waals surface area contributed by atoms with Crippen LogP contribution in [0.1, 0.15) is 75.8 Å². The average Bonchev–Trinajstić information content (AvgIpc) is 4.24. The number of carboxylic acids is 3. The van der Waals surface area contributed by atoms with Crippen LogP contribution >= 0.6 is 12.6 Å². The molecule has 20 N–H and O–H groups in total. The lowest BCUT2D eigenvalue weighted by molar-refractivity contribution is -0.143. The van der Waals surface area contributed by atoms with Crippen LogP contribution in [0.4, 0.5) is 0 Å². The molecule has 0 unspecified atom stereocenters. The summed E-state index contributed by atoms with van der Waals surface area (Å²) >= 11 is 4.05. The van der Waals surface area contributed by atoms with Gasteiger partial charge in [-0.15, -0.1) is 0 Å². The van der Waals surface area contributed by atoms with E-state index in [-0.39, 0.29) is 51.6 Å². The number of aliphatic hydroxyl groups is 2. The van der Waals surface area contributed by atoms with Gasteiger partial charge in [0, 0.05) is 25.1 Å². The Morgan fingerprint density at radius 2 is 1.13 bits per heavy atom. The Morgan fingerprint density at radius 3 is 1.67 bits per heavy atom. The summed E-state index contributed by atoms with van der Waals surface area (Å²) < 4.78 is 0. The zero-order chi connectivity index (χ0) is 64.9. The minimum atomic E-state index is -1.99. The fraction of sp³-hybridized carbons (Fsp3) is 0.519. The zero-order valence-corrected chi connectivity index (χ0v) is 48.4. The maximum atomic E-state index is 13.8. The van der Waals surface area contributed by atoms with Gasteiger partial charge < -0.3 is 95.5 Å². The molecular weight excluding hydrogens is 1170 g/mol. The Morgan fingerprint density at radius 1 is 0.609 bits per heavy atom. The van der Waals surface area contributed by atoms with E-state index in [4.69, 9.17) is 17.2 Å². The van der Waals surface area contributed by atoms with E-state index in [0.717, 1.165) is 11.8 Å². The molecule has 1 fully saturated rings. The molecule has 32 nitrogen and oxygen atoms in total. The van der Waals surface area contributed by atoms with E-state index in [1.54, 1.807) is 60.7 Å². The number of unbranched alkanes of at least 4 members (excludes halogenated alkanes) is 1. The first-order chi connectivity index (χ1) is 41.2. The van der Waals surface area contributed by atoms with Gasteiger partial charge in [0.15, 0.2) is 0 Å². The Bertz CT molecular complexity index is 2750. The first-order valence-electron chi connectivity index (χ1n) is 27.6. The normalized spacial score (nSPS) is 16.2. The first kappa shape index (κ1) is 72.5. The predicted octanol–water partition coefficient (Wildman–Crippen LogP) is -6.48. The standard InChI is InChI=1S/C54H77N13O19S/c1-28(69)44(52(83)63-34(22-30-13-6-3-7-14-30)46(77)61-33(54(85)86)15-8-9-19-55)66-49(80)37(26-68)64-47(78)35(23-40(57)70)62-50(81)38(27-87)65-48(79)36(24-43(74)75)59-41(71)25-58-51(82)39-16-10-20-67(39)53(84)32(17-18-42(72)73)60-45(76)31(56)21-29-11-4-2-5-12-29/h2-7,11-14,28,31-39,44,68-69,87H,8-10,15-27,55-56H2,1H3,(H2,57,70)(H,58,82)(H,59,71)(H,60,76)(H,61,77)(H,62,81)(H,63,83)(H,64,78)(H,65,79)(H,66,80)(H,72,73)(H,74,75)(H,85,86)/t28-,31+,32+,33+,34+,35+,36+,37+,38+,39+,44+/m1/s1. The molecule has 0 aliphatic carbocycles. The van der Waals surface area contributed by atoms with E-state index >= 15 is 0 Å². The molecule has 478 valence electrons. The summed E-state index contributed by atoms with van der Waals surface area (Å²) in [6, 6.07) is 0.681. The Labute approximate surface area is 504 Å². The summed E-state index contributed by atoms with van der Waals surface area (Å²) in [6.45, 7) is -0.757. The highest BCUT2D eigenvalue weighted by molar-refractivity contribution is 7.80. The van der Waals surface area contributed by atoms with Crippen molar-refractivity contribution in [2.24, 2.45) is 17.2 Å². The second-order valence-corrected chi connectivity index (χ2v) is 20.7. The summed E-state index contributed by atoms with van der Waals surface area (Å²) in [5, 5.41) is 69.8. The molecule has 1 aliphatic heterocycles. The van der Waals surface area contributed by atoms with E-state index in [1.165, 1.54) is 0 Å². The molecule has 11 amide bonds. The van der Waals surface area contributed by atoms with Crippen LogP contribution in [0.2, 0.25) is 0 Å². The molecule has 87 heavy (non-hydrogen) atoms. The van der Waals surface area contributed by atoms with Gasteiger partial charge in [0.1, 0.15) is 54.4 Å². The third-order valence-corrected chi connectivity index (χ3v) is 13.8. The van der Waals surface area contributed by atoms with Gasteiger partial charge in [0.05, 0.1) is 38.1 Å². The van der Waals surface area contributed by atoms with Crippen LogP contribution in [0.15, 0.2) is 60.7 Å². The molecule has 3 rings (SSSR count). The van der Waals surface area contributed by atoms with Crippen LogP contribution < -0.4 is 65.1 Å². The molecule has 33 heteroatoms. The maximum Gasteiger partial charge on any atom is 0.326 e. The molecule has 0 saturated carbocycles. The number of carbonyl (C=O) groups excluding carboxylic acids is 11. The molecule has 1 heterocycles. The van der Waals surface area contributed by atoms with Gasteiger partial charge in [-0.1, -0.05) is 60.7 Å². The van der Waals surface area contributed by atoms with Gasteiger partial charge in [-0.05, 0) is 69.5 Å². The van der Waals surface area contributed by atoms with Crippen LogP contribution in [0, 0.1) is 0 Å². The van der Waals surface area contributed by atoms with Crippen LogP contribution in [0.5, 0.6) is 0 Å². The quantitative estimate of drug-likeness (QED) is 0.0220. The summed E-state index contributed by atoms with van der Waals surface area (Å²) in [7, 11) is 0. The summed E-state index contributed by atoms with van der Waals surface area (Å²) in [5.74, 6) is -17.0. The smallest absolute Gasteiger partial charge is 0.326 e. The SMILES string of the molecule is C[C@@H](O)[C@H](NC(=O)[C@H](CO)NC(=O)[C@H](CC(N)=O)NC(=O)[C@H](CS)NC(=O)[C@H](CC(=O)O)NC(=O)CNC(=O)[C@@H]1CCCN1C(=O)[C@H](CCC(=O)O)NC(=O)[C@@H](N)Cc1ccccc1)C(=O)N[C@@H](Cc1ccccc1)C(=O)N[C@@H](CCCCN)C(=O)O. The Hall–Kier alpha value is -8.79. The second kappa shape index (κ2) is 36.9. The second-order valence-electron chi connectivity index (χ2n) is 20.3. The number of primary amides is 1. The molecule has 0 radical (unpaired) electrons. The number of carboxylic acid groups (broad SMARTS) is 3. The molecule has 0 spiro atoms. The van der Waals surface area contributed by atoms with Crippen LogP contribution in [-0.2, 0) is 80.0 Å². The Balaban J connectivity index is 1.68. The van der Waals surface area contributed by atoms with Crippen molar-refractivity contribution in [1.29, 1.82) is 0 Å². The van der Waals surface area contributed by atoms with Crippen molar-refractivity contribution in [3.8, 4) is 0 Å². The number of benzene rings is 2. The van der Waals surface area contributed by atoms with Gasteiger partial charge in [0.2, 0.25) is 65.0 Å². The molecule has 0 aromatic heterocycles. The number of nitrogens with two attached hydrogens (primary N) is 3. The van der Waals surface area contributed by atoms with E-state index in [0.29, 0.717) is 24.0 Å². The van der Waals surface area contributed by atoms with Gasteiger partial charge in [0.25, 0.3) is 0 Å². The third kappa shape index (κ3) is 25.0. The molecule has 2 aromatic rings. The van der Waals surface area contributed by atoms with Crippen LogP contribution in [-0.4, -0.2) is 212 Å². The van der Waals surface area contributed by atoms with Crippen molar-refractivity contribution in [1.82, 2.24) is 52.8 Å². The van der Waals surface area contributed by atoms with Crippen molar-refractivity contribution in [3.63, 3.8) is 0 Å². The number of hydrogen-bond acceptors (Lipinski definition) is 19. The van der Waals surface area contributed by atoms with E-state index < -0.39 is 188 Å². The largest absolute Gasteiger partial charge is 0.481 e.